The number of rotatable bonds is 2. The highest BCUT2D eigenvalue weighted by atomic mass is 16.5. The van der Waals surface area contributed by atoms with Crippen LogP contribution in [0.4, 0.5) is 0 Å². The molecule has 3 heteroatoms. The number of hydrogen-bond donors (Lipinski definition) is 2. The van der Waals surface area contributed by atoms with Crippen LogP contribution in [-0.4, -0.2) is 23.4 Å². The summed E-state index contributed by atoms with van der Waals surface area (Å²) in [7, 11) is 0. The van der Waals surface area contributed by atoms with Crippen LogP contribution in [0.25, 0.3) is 0 Å². The Balaban J connectivity index is 2.06. The summed E-state index contributed by atoms with van der Waals surface area (Å²) in [6.07, 6.45) is 2.14. The van der Waals surface area contributed by atoms with Crippen molar-refractivity contribution in [3.8, 4) is 5.75 Å². The molecule has 0 amide bonds. The van der Waals surface area contributed by atoms with Gasteiger partial charge in [0.25, 0.3) is 0 Å². The van der Waals surface area contributed by atoms with Crippen LogP contribution in [0, 0.1) is 23.2 Å². The lowest BCUT2D eigenvalue weighted by molar-refractivity contribution is -0.165. The topological polar surface area (TPSA) is 49.7 Å². The van der Waals surface area contributed by atoms with Crippen molar-refractivity contribution in [3.05, 3.63) is 41.5 Å². The molecule has 3 rings (SSSR count). The van der Waals surface area contributed by atoms with Gasteiger partial charge in [-0.05, 0) is 24.8 Å². The lowest BCUT2D eigenvalue weighted by Gasteiger charge is -2.55. The standard InChI is InChI=1S/C18H24O3/c1-11-8-12(2)18(9-19)10-21-17(16(11)13(18)3)14-6-4-5-7-15(14)20/h4-8,12-13,16-17,19-20H,9-10H2,1-3H3/t12-,13-,16+,17-,18-/m1/s1. The molecule has 1 heterocycles. The number of para-hydroxylation sites is 1. The molecule has 3 nitrogen and oxygen atoms in total. The number of allylic oxidation sites excluding steroid dienone is 1. The molecule has 1 saturated heterocycles. The molecular formula is C18H24O3. The minimum absolute atomic E-state index is 0.135. The number of aliphatic hydroxyl groups is 1. The fraction of sp³-hybridized carbons (Fsp3) is 0.556. The first kappa shape index (κ1) is 14.6. The maximum Gasteiger partial charge on any atom is 0.121 e. The Labute approximate surface area is 126 Å². The Morgan fingerprint density at radius 2 is 2.00 bits per heavy atom. The van der Waals surface area contributed by atoms with Gasteiger partial charge in [-0.25, -0.2) is 0 Å². The van der Waals surface area contributed by atoms with Gasteiger partial charge in [0, 0.05) is 16.9 Å². The average molecular weight is 288 g/mol. The van der Waals surface area contributed by atoms with Gasteiger partial charge in [0.1, 0.15) is 5.75 Å². The molecule has 1 aliphatic carbocycles. The first-order chi connectivity index (χ1) is 10.0. The van der Waals surface area contributed by atoms with Crippen molar-refractivity contribution >= 4 is 0 Å². The van der Waals surface area contributed by atoms with Crippen molar-refractivity contribution in [2.45, 2.75) is 26.9 Å². The third-order valence-corrected chi connectivity index (χ3v) is 5.79. The van der Waals surface area contributed by atoms with E-state index in [0.29, 0.717) is 18.4 Å². The van der Waals surface area contributed by atoms with Gasteiger partial charge < -0.3 is 14.9 Å². The zero-order valence-electron chi connectivity index (χ0n) is 12.9. The van der Waals surface area contributed by atoms with E-state index >= 15 is 0 Å². The van der Waals surface area contributed by atoms with Gasteiger partial charge in [-0.1, -0.05) is 43.7 Å². The molecule has 0 saturated carbocycles. The van der Waals surface area contributed by atoms with Crippen molar-refractivity contribution in [1.82, 2.24) is 0 Å². The van der Waals surface area contributed by atoms with Gasteiger partial charge in [-0.2, -0.15) is 0 Å². The molecule has 1 aliphatic heterocycles. The van der Waals surface area contributed by atoms with E-state index in [0.717, 1.165) is 5.56 Å². The van der Waals surface area contributed by atoms with Gasteiger partial charge in [0.2, 0.25) is 0 Å². The fourth-order valence-corrected chi connectivity index (χ4v) is 4.30. The van der Waals surface area contributed by atoms with Crippen LogP contribution in [0.1, 0.15) is 32.4 Å². The first-order valence-electron chi connectivity index (χ1n) is 7.70. The van der Waals surface area contributed by atoms with E-state index < -0.39 is 0 Å². The van der Waals surface area contributed by atoms with Gasteiger partial charge in [0.15, 0.2) is 0 Å². The zero-order chi connectivity index (χ0) is 15.2. The quantitative estimate of drug-likeness (QED) is 0.821. The van der Waals surface area contributed by atoms with Crippen molar-refractivity contribution < 1.29 is 14.9 Å². The fourth-order valence-electron chi connectivity index (χ4n) is 4.30. The molecular weight excluding hydrogens is 264 g/mol. The molecule has 0 aromatic heterocycles. The van der Waals surface area contributed by atoms with Gasteiger partial charge in [-0.3, -0.25) is 0 Å². The summed E-state index contributed by atoms with van der Waals surface area (Å²) in [6, 6.07) is 7.40. The predicted molar refractivity (Wildman–Crippen MR) is 81.9 cm³/mol. The summed E-state index contributed by atoms with van der Waals surface area (Å²) in [5.74, 6) is 1.12. The van der Waals surface area contributed by atoms with Crippen LogP contribution in [-0.2, 0) is 4.74 Å². The van der Waals surface area contributed by atoms with E-state index in [9.17, 15) is 10.2 Å². The molecule has 21 heavy (non-hydrogen) atoms. The largest absolute Gasteiger partial charge is 0.508 e. The van der Waals surface area contributed by atoms with E-state index in [1.54, 1.807) is 6.07 Å². The van der Waals surface area contributed by atoms with Crippen molar-refractivity contribution in [2.24, 2.45) is 23.2 Å². The van der Waals surface area contributed by atoms with E-state index in [2.05, 4.69) is 26.8 Å². The van der Waals surface area contributed by atoms with Crippen LogP contribution in [0.15, 0.2) is 35.9 Å². The summed E-state index contributed by atoms with van der Waals surface area (Å²) >= 11 is 0. The summed E-state index contributed by atoms with van der Waals surface area (Å²) in [5, 5.41) is 20.1. The Morgan fingerprint density at radius 3 is 2.67 bits per heavy atom. The normalized spacial score (nSPS) is 39.0. The summed E-state index contributed by atoms with van der Waals surface area (Å²) in [6.45, 7) is 7.19. The molecule has 2 aliphatic rings. The Kier molecular flexibility index (Phi) is 3.58. The van der Waals surface area contributed by atoms with E-state index in [-0.39, 0.29) is 29.8 Å². The molecule has 1 aromatic rings. The maximum atomic E-state index is 10.2. The van der Waals surface area contributed by atoms with Crippen LogP contribution in [0.5, 0.6) is 5.75 Å². The maximum absolute atomic E-state index is 10.2. The number of hydrogen-bond acceptors (Lipinski definition) is 3. The van der Waals surface area contributed by atoms with Crippen molar-refractivity contribution in [2.75, 3.05) is 13.2 Å². The molecule has 0 spiro atoms. The van der Waals surface area contributed by atoms with Gasteiger partial charge in [-0.15, -0.1) is 0 Å². The predicted octanol–water partition coefficient (Wildman–Crippen LogP) is 3.29. The second-order valence-electron chi connectivity index (χ2n) is 6.70. The molecule has 1 aromatic carbocycles. The molecule has 0 unspecified atom stereocenters. The summed E-state index contributed by atoms with van der Waals surface area (Å²) < 4.78 is 6.16. The monoisotopic (exact) mass is 288 g/mol. The lowest BCUT2D eigenvalue weighted by atomic mass is 9.56. The van der Waals surface area contributed by atoms with E-state index in [4.69, 9.17) is 4.74 Å². The molecule has 0 radical (unpaired) electrons. The molecule has 2 bridgehead atoms. The molecule has 2 N–H and O–H groups in total. The molecule has 114 valence electrons. The van der Waals surface area contributed by atoms with Gasteiger partial charge in [0.05, 0.1) is 19.3 Å². The van der Waals surface area contributed by atoms with Crippen molar-refractivity contribution in [3.63, 3.8) is 0 Å². The number of ether oxygens (including phenoxy) is 1. The van der Waals surface area contributed by atoms with Crippen molar-refractivity contribution in [1.29, 1.82) is 0 Å². The zero-order valence-corrected chi connectivity index (χ0v) is 12.9. The van der Waals surface area contributed by atoms with Crippen LogP contribution in [0.3, 0.4) is 0 Å². The smallest absolute Gasteiger partial charge is 0.121 e. The molecule has 5 atom stereocenters. The first-order valence-corrected chi connectivity index (χ1v) is 7.70. The summed E-state index contributed by atoms with van der Waals surface area (Å²) in [5.41, 5.74) is 1.95. The van der Waals surface area contributed by atoms with Gasteiger partial charge >= 0.3 is 0 Å². The minimum Gasteiger partial charge on any atom is -0.508 e. The SMILES string of the molecule is CC1=C[C@@H](C)[C@@]2(CO)CO[C@H](c3ccccc3O)[C@@H]1[C@H]2C. The highest BCUT2D eigenvalue weighted by Crippen LogP contribution is 2.56. The number of phenolic OH excluding ortho intramolecular Hbond substituents is 1. The summed E-state index contributed by atoms with van der Waals surface area (Å²) in [4.78, 5) is 0. The highest BCUT2D eigenvalue weighted by molar-refractivity contribution is 5.37. The lowest BCUT2D eigenvalue weighted by Crippen LogP contribution is -2.53. The van der Waals surface area contributed by atoms with E-state index in [1.807, 2.05) is 18.2 Å². The third-order valence-electron chi connectivity index (χ3n) is 5.79. The number of phenols is 1. The number of benzene rings is 1. The second kappa shape index (κ2) is 5.15. The Morgan fingerprint density at radius 1 is 1.29 bits per heavy atom. The average Bonchev–Trinajstić information content (AvgIpc) is 2.46. The minimum atomic E-state index is -0.203. The number of fused-ring (bicyclic) bond motifs is 2. The third kappa shape index (κ3) is 2.02. The number of aromatic hydroxyl groups is 1. The molecule has 1 fully saturated rings. The Bertz CT molecular complexity index is 565. The van der Waals surface area contributed by atoms with Crippen LogP contribution < -0.4 is 0 Å². The highest BCUT2D eigenvalue weighted by Gasteiger charge is 2.53. The van der Waals surface area contributed by atoms with E-state index in [1.165, 1.54) is 5.57 Å². The van der Waals surface area contributed by atoms with Crippen LogP contribution >= 0.6 is 0 Å². The Hall–Kier alpha value is -1.32. The number of aliphatic hydroxyl groups excluding tert-OH is 1. The second-order valence-corrected chi connectivity index (χ2v) is 6.70. The van der Waals surface area contributed by atoms with Crippen LogP contribution in [0.2, 0.25) is 0 Å².